The van der Waals surface area contributed by atoms with E-state index in [4.69, 9.17) is 0 Å². The van der Waals surface area contributed by atoms with E-state index in [0.29, 0.717) is 0 Å². The van der Waals surface area contributed by atoms with Crippen molar-refractivity contribution >= 4 is 0 Å². The highest BCUT2D eigenvalue weighted by atomic mass is 15.5. The topological polar surface area (TPSA) is 55.6 Å². The molecule has 2 aliphatic rings. The van der Waals surface area contributed by atoms with E-state index in [1.165, 1.54) is 12.8 Å². The Morgan fingerprint density at radius 2 is 2.09 bits per heavy atom. The maximum absolute atomic E-state index is 4.21. The third kappa shape index (κ3) is 2.46. The molecule has 1 saturated carbocycles. The van der Waals surface area contributed by atoms with Crippen LogP contribution in [0.2, 0.25) is 0 Å². The van der Waals surface area contributed by atoms with E-state index in [-0.39, 0.29) is 6.04 Å². The first kappa shape index (κ1) is 13.6. The van der Waals surface area contributed by atoms with Crippen molar-refractivity contribution in [2.45, 2.75) is 25.8 Å². The minimum absolute atomic E-state index is 0.137. The molecule has 2 bridgehead atoms. The highest BCUT2D eigenvalue weighted by Gasteiger charge is 2.35. The van der Waals surface area contributed by atoms with Gasteiger partial charge in [-0.15, -0.1) is 5.10 Å². The molecule has 1 aromatic carbocycles. The molecule has 0 amide bonds. The number of fused-ring (bicyclic) bond motifs is 2. The summed E-state index contributed by atoms with van der Waals surface area (Å²) in [6, 6.07) is 10.2. The third-order valence-corrected chi connectivity index (χ3v) is 4.98. The van der Waals surface area contributed by atoms with Crippen molar-refractivity contribution in [1.82, 2.24) is 25.5 Å². The Kier molecular flexibility index (Phi) is 3.50. The summed E-state index contributed by atoms with van der Waals surface area (Å²) in [5, 5.41) is 15.8. The monoisotopic (exact) mass is 295 g/mol. The summed E-state index contributed by atoms with van der Waals surface area (Å²) < 4.78 is 1.82. The Balaban J connectivity index is 1.44. The van der Waals surface area contributed by atoms with Gasteiger partial charge in [-0.2, -0.15) is 4.68 Å². The molecular weight excluding hydrogens is 274 g/mol. The lowest BCUT2D eigenvalue weighted by atomic mass is 9.93. The van der Waals surface area contributed by atoms with Gasteiger partial charge >= 0.3 is 0 Å². The molecule has 1 N–H and O–H groups in total. The van der Waals surface area contributed by atoms with Gasteiger partial charge in [-0.25, -0.2) is 0 Å². The molecule has 2 aromatic rings. The predicted octanol–water partition coefficient (Wildman–Crippen LogP) is 2.53. The highest BCUT2D eigenvalue weighted by molar-refractivity contribution is 5.30. The van der Waals surface area contributed by atoms with E-state index in [2.05, 4.69) is 39.9 Å². The number of aromatic nitrogens is 4. The van der Waals surface area contributed by atoms with Gasteiger partial charge in [0.1, 0.15) is 0 Å². The molecule has 1 aromatic heterocycles. The quantitative estimate of drug-likeness (QED) is 0.861. The zero-order chi connectivity index (χ0) is 14.9. The van der Waals surface area contributed by atoms with Crippen molar-refractivity contribution in [1.29, 1.82) is 0 Å². The van der Waals surface area contributed by atoms with Crippen molar-refractivity contribution in [2.24, 2.45) is 17.8 Å². The van der Waals surface area contributed by atoms with Gasteiger partial charge in [0, 0.05) is 0 Å². The van der Waals surface area contributed by atoms with Crippen molar-refractivity contribution < 1.29 is 0 Å². The molecule has 5 nitrogen and oxygen atoms in total. The summed E-state index contributed by atoms with van der Waals surface area (Å²) in [5.74, 6) is 3.22. The molecule has 0 spiro atoms. The molecule has 4 rings (SSSR count). The van der Waals surface area contributed by atoms with Gasteiger partial charge in [0.15, 0.2) is 5.82 Å². The Hall–Kier alpha value is -2.01. The Morgan fingerprint density at radius 3 is 2.82 bits per heavy atom. The van der Waals surface area contributed by atoms with Crippen molar-refractivity contribution in [3.63, 3.8) is 0 Å². The summed E-state index contributed by atoms with van der Waals surface area (Å²) in [7, 11) is 0. The van der Waals surface area contributed by atoms with Crippen LogP contribution in [0.25, 0.3) is 5.69 Å². The zero-order valence-corrected chi connectivity index (χ0v) is 12.8. The van der Waals surface area contributed by atoms with Crippen LogP contribution >= 0.6 is 0 Å². The Bertz CT molecular complexity index is 663. The molecular formula is C17H21N5. The highest BCUT2D eigenvalue weighted by Crippen LogP contribution is 2.43. The van der Waals surface area contributed by atoms with Gasteiger partial charge in [0.2, 0.25) is 0 Å². The van der Waals surface area contributed by atoms with Crippen LogP contribution in [0.4, 0.5) is 0 Å². The summed E-state index contributed by atoms with van der Waals surface area (Å²) in [4.78, 5) is 0. The molecule has 2 aliphatic carbocycles. The molecule has 22 heavy (non-hydrogen) atoms. The second kappa shape index (κ2) is 5.65. The number of hydrogen-bond donors (Lipinski definition) is 1. The number of tetrazole rings is 1. The lowest BCUT2D eigenvalue weighted by Crippen LogP contribution is -2.29. The molecule has 114 valence electrons. The fourth-order valence-electron chi connectivity index (χ4n) is 3.77. The van der Waals surface area contributed by atoms with Crippen molar-refractivity contribution in [3.05, 3.63) is 48.3 Å². The molecule has 0 saturated heterocycles. The van der Waals surface area contributed by atoms with E-state index in [9.17, 15) is 0 Å². The van der Waals surface area contributed by atoms with Gasteiger partial charge in [0.25, 0.3) is 0 Å². The van der Waals surface area contributed by atoms with Crippen molar-refractivity contribution in [3.8, 4) is 5.69 Å². The van der Waals surface area contributed by atoms with Crippen LogP contribution in [0.15, 0.2) is 42.5 Å². The van der Waals surface area contributed by atoms with Crippen LogP contribution in [0.5, 0.6) is 0 Å². The molecule has 5 heteroatoms. The number of hydrogen-bond acceptors (Lipinski definition) is 4. The lowest BCUT2D eigenvalue weighted by Gasteiger charge is -2.21. The maximum atomic E-state index is 4.21. The van der Waals surface area contributed by atoms with Gasteiger partial charge in [-0.1, -0.05) is 30.4 Å². The van der Waals surface area contributed by atoms with E-state index < -0.39 is 0 Å². The summed E-state index contributed by atoms with van der Waals surface area (Å²) in [6.45, 7) is 3.17. The number of nitrogens with zero attached hydrogens (tertiary/aromatic N) is 4. The van der Waals surface area contributed by atoms with Crippen LogP contribution in [0.1, 0.15) is 31.6 Å². The second-order valence-corrected chi connectivity index (χ2v) is 6.45. The zero-order valence-electron chi connectivity index (χ0n) is 12.8. The third-order valence-electron chi connectivity index (χ3n) is 4.98. The molecule has 1 fully saturated rings. The average molecular weight is 295 g/mol. The van der Waals surface area contributed by atoms with Crippen LogP contribution < -0.4 is 5.32 Å². The maximum Gasteiger partial charge on any atom is 0.173 e. The number of allylic oxidation sites excluding steroid dienone is 2. The normalized spacial score (nSPS) is 27.4. The van der Waals surface area contributed by atoms with E-state index >= 15 is 0 Å². The minimum atomic E-state index is 0.137. The Morgan fingerprint density at radius 1 is 1.23 bits per heavy atom. The summed E-state index contributed by atoms with van der Waals surface area (Å²) >= 11 is 0. The van der Waals surface area contributed by atoms with Gasteiger partial charge < -0.3 is 5.32 Å². The minimum Gasteiger partial charge on any atom is -0.307 e. The Labute approximate surface area is 130 Å². The fourth-order valence-corrected chi connectivity index (χ4v) is 3.77. The smallest absolute Gasteiger partial charge is 0.173 e. The van der Waals surface area contributed by atoms with E-state index in [1.807, 2.05) is 35.0 Å². The average Bonchev–Trinajstić information content (AvgIpc) is 3.29. The van der Waals surface area contributed by atoms with E-state index in [0.717, 1.165) is 35.8 Å². The van der Waals surface area contributed by atoms with Crippen LogP contribution in [-0.2, 0) is 0 Å². The van der Waals surface area contributed by atoms with Crippen LogP contribution in [0.3, 0.4) is 0 Å². The number of benzene rings is 1. The summed E-state index contributed by atoms with van der Waals surface area (Å²) in [5.41, 5.74) is 0.999. The molecule has 0 aliphatic heterocycles. The predicted molar refractivity (Wildman–Crippen MR) is 84.4 cm³/mol. The van der Waals surface area contributed by atoms with Crippen LogP contribution in [-0.4, -0.2) is 26.8 Å². The first-order valence-electron chi connectivity index (χ1n) is 8.06. The number of nitrogens with one attached hydrogen (secondary N) is 1. The van der Waals surface area contributed by atoms with Crippen LogP contribution in [0, 0.1) is 17.8 Å². The molecule has 4 atom stereocenters. The fraction of sp³-hybridized carbons (Fsp3) is 0.471. The molecule has 0 unspecified atom stereocenters. The first-order chi connectivity index (χ1) is 10.8. The summed E-state index contributed by atoms with van der Waals surface area (Å²) in [6.07, 6.45) is 7.47. The number of rotatable bonds is 5. The van der Waals surface area contributed by atoms with Gasteiger partial charge in [-0.3, -0.25) is 0 Å². The van der Waals surface area contributed by atoms with Crippen molar-refractivity contribution in [2.75, 3.05) is 6.54 Å². The van der Waals surface area contributed by atoms with Gasteiger partial charge in [0.05, 0.1) is 11.7 Å². The second-order valence-electron chi connectivity index (χ2n) is 6.45. The van der Waals surface area contributed by atoms with E-state index in [1.54, 1.807) is 0 Å². The lowest BCUT2D eigenvalue weighted by molar-refractivity contribution is 0.386. The SMILES string of the molecule is C[C@@H](NC[C@H]1C[C@H]2C=C[C@H]1C2)c1nnnn1-c1ccccc1. The first-order valence-corrected chi connectivity index (χ1v) is 8.06. The standard InChI is InChI=1S/C17H21N5/c1-12(18-11-15-10-13-7-8-14(15)9-13)17-19-20-21-22(17)16-5-3-2-4-6-16/h2-8,12-15,18H,9-11H2,1H3/t12-,13+,14+,15-/m1/s1. The molecule has 1 heterocycles. The molecule has 0 radical (unpaired) electrons. The number of para-hydroxylation sites is 1. The largest absolute Gasteiger partial charge is 0.307 e. The van der Waals surface area contributed by atoms with Gasteiger partial charge in [-0.05, 0) is 66.6 Å².